The SMILES string of the molecule is CC(C)B(O)O.CC(C)B1O[C@@H]2C[C@@H]3C[C@@H](C3(C)C)[C@]2(C)O1. The number of rotatable bonds is 2. The van der Waals surface area contributed by atoms with E-state index >= 15 is 0 Å². The van der Waals surface area contributed by atoms with Gasteiger partial charge in [0.25, 0.3) is 0 Å². The van der Waals surface area contributed by atoms with Gasteiger partial charge in [-0.15, -0.1) is 0 Å². The highest BCUT2D eigenvalue weighted by Gasteiger charge is 2.67. The molecule has 1 aliphatic heterocycles. The van der Waals surface area contributed by atoms with Gasteiger partial charge in [-0.05, 0) is 48.7 Å². The van der Waals surface area contributed by atoms with E-state index in [0.717, 1.165) is 5.92 Å². The molecule has 0 aromatic heterocycles. The first kappa shape index (κ1) is 18.3. The Bertz CT molecular complexity index is 394. The maximum absolute atomic E-state index is 8.19. The molecular formula is C16H32B2O4. The number of hydrogen-bond acceptors (Lipinski definition) is 4. The van der Waals surface area contributed by atoms with Crippen LogP contribution < -0.4 is 0 Å². The van der Waals surface area contributed by atoms with Crippen LogP contribution in [0.15, 0.2) is 0 Å². The van der Waals surface area contributed by atoms with Crippen molar-refractivity contribution >= 4 is 14.2 Å². The molecule has 126 valence electrons. The molecule has 4 nitrogen and oxygen atoms in total. The van der Waals surface area contributed by atoms with E-state index in [1.54, 1.807) is 13.8 Å². The van der Waals surface area contributed by atoms with Gasteiger partial charge in [0.05, 0.1) is 11.7 Å². The zero-order chi connectivity index (χ0) is 16.9. The van der Waals surface area contributed by atoms with E-state index in [1.165, 1.54) is 12.8 Å². The summed E-state index contributed by atoms with van der Waals surface area (Å²) in [5.41, 5.74) is 0.438. The smallest absolute Gasteiger partial charge is 0.427 e. The lowest BCUT2D eigenvalue weighted by Gasteiger charge is -2.64. The minimum atomic E-state index is -1.15. The van der Waals surface area contributed by atoms with Gasteiger partial charge in [0.1, 0.15) is 0 Å². The molecule has 3 saturated carbocycles. The molecule has 0 aromatic rings. The average Bonchev–Trinajstić information content (AvgIpc) is 2.76. The first-order chi connectivity index (χ1) is 10.00. The Kier molecular flexibility index (Phi) is 5.09. The fourth-order valence-corrected chi connectivity index (χ4v) is 4.19. The maximum Gasteiger partial charge on any atom is 0.460 e. The molecule has 4 aliphatic rings. The summed E-state index contributed by atoms with van der Waals surface area (Å²) in [4.78, 5) is 0. The van der Waals surface area contributed by atoms with Gasteiger partial charge < -0.3 is 19.4 Å². The lowest BCUT2D eigenvalue weighted by molar-refractivity contribution is -0.199. The molecule has 2 bridgehead atoms. The van der Waals surface area contributed by atoms with Crippen LogP contribution in [-0.4, -0.2) is 36.0 Å². The van der Waals surface area contributed by atoms with Gasteiger partial charge in [0.15, 0.2) is 0 Å². The van der Waals surface area contributed by atoms with Crippen LogP contribution in [0.25, 0.3) is 0 Å². The molecule has 22 heavy (non-hydrogen) atoms. The topological polar surface area (TPSA) is 58.9 Å². The molecule has 0 unspecified atom stereocenters. The zero-order valence-electron chi connectivity index (χ0n) is 15.2. The van der Waals surface area contributed by atoms with Crippen molar-refractivity contribution in [1.82, 2.24) is 0 Å². The molecule has 4 rings (SSSR count). The molecule has 0 aromatic carbocycles. The van der Waals surface area contributed by atoms with Crippen LogP contribution in [0.1, 0.15) is 61.3 Å². The fourth-order valence-electron chi connectivity index (χ4n) is 4.19. The van der Waals surface area contributed by atoms with Crippen LogP contribution in [0.5, 0.6) is 0 Å². The Morgan fingerprint density at radius 3 is 2.05 bits per heavy atom. The molecular weight excluding hydrogens is 278 g/mol. The molecule has 1 saturated heterocycles. The maximum atomic E-state index is 8.19. The summed E-state index contributed by atoms with van der Waals surface area (Å²) in [6.07, 6.45) is 2.88. The summed E-state index contributed by atoms with van der Waals surface area (Å²) in [7, 11) is -1.13. The van der Waals surface area contributed by atoms with Crippen LogP contribution in [0.3, 0.4) is 0 Å². The quantitative estimate of drug-likeness (QED) is 0.770. The molecule has 3 aliphatic carbocycles. The van der Waals surface area contributed by atoms with E-state index in [9.17, 15) is 0 Å². The zero-order valence-corrected chi connectivity index (χ0v) is 15.2. The standard InChI is InChI=1S/C13H23BO2.C3H9BO2/c1-8(2)14-15-11-7-9-6-10(12(9,3)4)13(11,5)16-14;1-3(2)4(5)6/h8-11H,6-7H2,1-5H3;3,5-6H,1-2H3/t9-,10-,11+,13-;/m0./s1. The molecule has 0 spiro atoms. The van der Waals surface area contributed by atoms with Gasteiger partial charge >= 0.3 is 14.2 Å². The molecule has 4 fully saturated rings. The van der Waals surface area contributed by atoms with E-state index in [-0.39, 0.29) is 18.5 Å². The van der Waals surface area contributed by atoms with E-state index in [0.29, 0.717) is 23.3 Å². The Hall–Kier alpha value is -0.0301. The Labute approximate surface area is 136 Å². The second-order valence-electron chi connectivity index (χ2n) is 8.74. The summed E-state index contributed by atoms with van der Waals surface area (Å²) in [6, 6.07) is 0. The molecule has 6 heteroatoms. The fraction of sp³-hybridized carbons (Fsp3) is 1.00. The second-order valence-corrected chi connectivity index (χ2v) is 8.74. The summed E-state index contributed by atoms with van der Waals surface area (Å²) < 4.78 is 12.4. The van der Waals surface area contributed by atoms with E-state index in [4.69, 9.17) is 19.4 Å². The lowest BCUT2D eigenvalue weighted by Crippen LogP contribution is -2.65. The Morgan fingerprint density at radius 1 is 1.09 bits per heavy atom. The highest BCUT2D eigenvalue weighted by Crippen LogP contribution is 2.66. The van der Waals surface area contributed by atoms with Crippen molar-refractivity contribution in [3.63, 3.8) is 0 Å². The molecule has 4 atom stereocenters. The van der Waals surface area contributed by atoms with Crippen LogP contribution >= 0.6 is 0 Å². The van der Waals surface area contributed by atoms with Crippen molar-refractivity contribution in [3.05, 3.63) is 0 Å². The summed E-state index contributed by atoms with van der Waals surface area (Å²) in [6.45, 7) is 14.9. The average molecular weight is 310 g/mol. The van der Waals surface area contributed by atoms with E-state index < -0.39 is 7.12 Å². The first-order valence-electron chi connectivity index (χ1n) is 8.69. The van der Waals surface area contributed by atoms with Crippen LogP contribution in [0, 0.1) is 17.3 Å². The minimum Gasteiger partial charge on any atom is -0.427 e. The van der Waals surface area contributed by atoms with Crippen molar-refractivity contribution < 1.29 is 19.4 Å². The van der Waals surface area contributed by atoms with Gasteiger partial charge in [0.2, 0.25) is 0 Å². The summed E-state index contributed by atoms with van der Waals surface area (Å²) in [5.74, 6) is 1.96. The van der Waals surface area contributed by atoms with Crippen molar-refractivity contribution in [2.75, 3.05) is 0 Å². The minimum absolute atomic E-state index is 0.0187. The highest BCUT2D eigenvalue weighted by atomic mass is 16.7. The van der Waals surface area contributed by atoms with Gasteiger partial charge in [-0.25, -0.2) is 0 Å². The lowest BCUT2D eigenvalue weighted by atomic mass is 9.43. The van der Waals surface area contributed by atoms with Gasteiger partial charge in [0, 0.05) is 0 Å². The largest absolute Gasteiger partial charge is 0.460 e. The Morgan fingerprint density at radius 2 is 1.64 bits per heavy atom. The van der Waals surface area contributed by atoms with E-state index in [1.807, 2.05) is 0 Å². The van der Waals surface area contributed by atoms with Gasteiger partial charge in [-0.2, -0.15) is 0 Å². The third-order valence-corrected chi connectivity index (χ3v) is 6.11. The van der Waals surface area contributed by atoms with E-state index in [2.05, 4.69) is 34.6 Å². The summed E-state index contributed by atoms with van der Waals surface area (Å²) in [5, 5.41) is 16.4. The molecule has 1 heterocycles. The van der Waals surface area contributed by atoms with Crippen molar-refractivity contribution in [2.45, 2.75) is 84.6 Å². The van der Waals surface area contributed by atoms with Crippen LogP contribution in [0.4, 0.5) is 0 Å². The molecule has 0 amide bonds. The van der Waals surface area contributed by atoms with Crippen molar-refractivity contribution in [1.29, 1.82) is 0 Å². The van der Waals surface area contributed by atoms with Crippen LogP contribution in [0.2, 0.25) is 11.6 Å². The molecule has 0 radical (unpaired) electrons. The number of hydrogen-bond donors (Lipinski definition) is 2. The highest BCUT2D eigenvalue weighted by molar-refractivity contribution is 6.47. The van der Waals surface area contributed by atoms with Crippen molar-refractivity contribution in [2.24, 2.45) is 17.3 Å². The van der Waals surface area contributed by atoms with Gasteiger partial charge in [-0.1, -0.05) is 41.5 Å². The normalized spacial score (nSPS) is 38.3. The van der Waals surface area contributed by atoms with Gasteiger partial charge in [-0.3, -0.25) is 0 Å². The Balaban J connectivity index is 0.000000254. The predicted molar refractivity (Wildman–Crippen MR) is 90.5 cm³/mol. The van der Waals surface area contributed by atoms with Crippen molar-refractivity contribution in [3.8, 4) is 0 Å². The second kappa shape index (κ2) is 6.12. The predicted octanol–water partition coefficient (Wildman–Crippen LogP) is 2.99. The third-order valence-electron chi connectivity index (χ3n) is 6.11. The summed E-state index contributed by atoms with van der Waals surface area (Å²) >= 11 is 0. The first-order valence-corrected chi connectivity index (χ1v) is 8.69. The third kappa shape index (κ3) is 3.00. The molecule has 2 N–H and O–H groups in total. The monoisotopic (exact) mass is 310 g/mol. The van der Waals surface area contributed by atoms with Crippen LogP contribution in [-0.2, 0) is 9.31 Å².